The molecule has 20 heavy (non-hydrogen) atoms. The molecular weight excluding hydrogens is 248 g/mol. The van der Waals surface area contributed by atoms with Crippen LogP contribution in [-0.2, 0) is 6.54 Å². The minimum Gasteiger partial charge on any atom is -0.358 e. The summed E-state index contributed by atoms with van der Waals surface area (Å²) in [4.78, 5) is 7.17. The van der Waals surface area contributed by atoms with E-state index in [0.717, 1.165) is 16.7 Å². The van der Waals surface area contributed by atoms with Gasteiger partial charge in [0.25, 0.3) is 0 Å². The van der Waals surface area contributed by atoms with Crippen molar-refractivity contribution in [2.75, 3.05) is 0 Å². The van der Waals surface area contributed by atoms with E-state index in [0.29, 0.717) is 6.54 Å². The quantitative estimate of drug-likeness (QED) is 0.788. The molecule has 4 heteroatoms. The van der Waals surface area contributed by atoms with Gasteiger partial charge in [-0.05, 0) is 34.9 Å². The molecule has 0 bridgehead atoms. The predicted molar refractivity (Wildman–Crippen MR) is 78.9 cm³/mol. The van der Waals surface area contributed by atoms with Crippen molar-refractivity contribution in [3.05, 3.63) is 71.5 Å². The fourth-order valence-electron chi connectivity index (χ4n) is 1.96. The van der Waals surface area contributed by atoms with Gasteiger partial charge < -0.3 is 9.41 Å². The molecule has 0 N–H and O–H groups in total. The summed E-state index contributed by atoms with van der Waals surface area (Å²) in [6.45, 7) is 15.0. The Kier molecular flexibility index (Phi) is 3.79. The maximum Gasteiger partial charge on any atom is 0.305 e. The van der Waals surface area contributed by atoms with Gasteiger partial charge in [-0.15, -0.1) is 4.98 Å². The minimum absolute atomic E-state index is 0.135. The third-order valence-electron chi connectivity index (χ3n) is 2.89. The topological polar surface area (TPSA) is 46.0 Å². The van der Waals surface area contributed by atoms with Gasteiger partial charge in [0.1, 0.15) is 11.8 Å². The molecule has 1 aromatic carbocycles. The predicted octanol–water partition coefficient (Wildman–Crippen LogP) is 3.64. The Bertz CT molecular complexity index is 728. The number of benzene rings is 1. The van der Waals surface area contributed by atoms with Crippen LogP contribution in [0.15, 0.2) is 37.7 Å². The van der Waals surface area contributed by atoms with Gasteiger partial charge in [0.2, 0.25) is 0 Å². The maximum atomic E-state index is 9.11. The number of nitriles is 1. The van der Waals surface area contributed by atoms with Crippen molar-refractivity contribution < 1.29 is 0 Å². The first-order valence-electron chi connectivity index (χ1n) is 5.93. The number of imidazole rings is 1. The minimum atomic E-state index is 0.135. The Morgan fingerprint density at radius 1 is 1.30 bits per heavy atom. The van der Waals surface area contributed by atoms with Gasteiger partial charge in [0, 0.05) is 0 Å². The molecule has 0 saturated carbocycles. The summed E-state index contributed by atoms with van der Waals surface area (Å²) in [5.41, 5.74) is 3.26. The molecule has 0 aliphatic rings. The second kappa shape index (κ2) is 5.69. The first-order valence-corrected chi connectivity index (χ1v) is 5.93. The fourth-order valence-corrected chi connectivity index (χ4v) is 1.96. The van der Waals surface area contributed by atoms with E-state index in [4.69, 9.17) is 11.8 Å². The highest BCUT2D eigenvalue weighted by atomic mass is 15.1. The zero-order valence-corrected chi connectivity index (χ0v) is 10.9. The summed E-state index contributed by atoms with van der Waals surface area (Å²) in [7, 11) is 0. The second-order valence-corrected chi connectivity index (χ2v) is 4.18. The SMILES string of the molecule is [C-]#[N+]c1ncn(Cc2cc(C=C)cc(C=C)c2)c1C#N. The molecule has 0 unspecified atom stereocenters. The van der Waals surface area contributed by atoms with Crippen LogP contribution in [0.3, 0.4) is 0 Å². The maximum absolute atomic E-state index is 9.11. The van der Waals surface area contributed by atoms with Gasteiger partial charge >= 0.3 is 5.82 Å². The van der Waals surface area contributed by atoms with E-state index in [9.17, 15) is 0 Å². The lowest BCUT2D eigenvalue weighted by Crippen LogP contribution is -2.01. The largest absolute Gasteiger partial charge is 0.358 e. The summed E-state index contributed by atoms with van der Waals surface area (Å²) in [6.07, 6.45) is 5.04. The lowest BCUT2D eigenvalue weighted by molar-refractivity contribution is 0.786. The van der Waals surface area contributed by atoms with Crippen molar-refractivity contribution in [3.8, 4) is 6.07 Å². The number of rotatable bonds is 4. The molecule has 0 aliphatic heterocycles. The first kappa shape index (κ1) is 13.3. The van der Waals surface area contributed by atoms with Crippen LogP contribution in [0.5, 0.6) is 0 Å². The molecule has 1 heterocycles. The lowest BCUT2D eigenvalue weighted by Gasteiger charge is -2.07. The third-order valence-corrected chi connectivity index (χ3v) is 2.89. The molecule has 0 radical (unpaired) electrons. The van der Waals surface area contributed by atoms with Crippen LogP contribution in [-0.4, -0.2) is 9.55 Å². The van der Waals surface area contributed by atoms with Crippen molar-refractivity contribution in [3.63, 3.8) is 0 Å². The van der Waals surface area contributed by atoms with Gasteiger partial charge in [0.15, 0.2) is 6.33 Å². The molecule has 2 rings (SSSR count). The summed E-state index contributed by atoms with van der Waals surface area (Å²) in [5, 5.41) is 9.11. The van der Waals surface area contributed by atoms with Crippen molar-refractivity contribution >= 4 is 18.0 Å². The Hall–Kier alpha value is -3.11. The zero-order chi connectivity index (χ0) is 14.5. The lowest BCUT2D eigenvalue weighted by atomic mass is 10.1. The van der Waals surface area contributed by atoms with Gasteiger partial charge in [-0.3, -0.25) is 0 Å². The van der Waals surface area contributed by atoms with E-state index in [-0.39, 0.29) is 11.5 Å². The van der Waals surface area contributed by atoms with Crippen molar-refractivity contribution in [1.82, 2.24) is 9.55 Å². The van der Waals surface area contributed by atoms with E-state index >= 15 is 0 Å². The Morgan fingerprint density at radius 3 is 2.45 bits per heavy atom. The van der Waals surface area contributed by atoms with Crippen LogP contribution >= 0.6 is 0 Å². The van der Waals surface area contributed by atoms with Crippen molar-refractivity contribution in [2.45, 2.75) is 6.54 Å². The summed E-state index contributed by atoms with van der Waals surface area (Å²) < 4.78 is 1.67. The van der Waals surface area contributed by atoms with E-state index in [1.165, 1.54) is 6.33 Å². The summed E-state index contributed by atoms with van der Waals surface area (Å²) in [6, 6.07) is 7.97. The number of nitrogens with zero attached hydrogens (tertiary/aromatic N) is 4. The molecule has 2 aromatic rings. The van der Waals surface area contributed by atoms with Crippen LogP contribution in [0.4, 0.5) is 5.82 Å². The first-order chi connectivity index (χ1) is 9.71. The Morgan fingerprint density at radius 2 is 1.95 bits per heavy atom. The van der Waals surface area contributed by atoms with Crippen LogP contribution < -0.4 is 0 Å². The fraction of sp³-hybridized carbons (Fsp3) is 0.0625. The highest BCUT2D eigenvalue weighted by Crippen LogP contribution is 2.19. The molecule has 4 nitrogen and oxygen atoms in total. The molecule has 0 spiro atoms. The molecular formula is C16H12N4. The highest BCUT2D eigenvalue weighted by Gasteiger charge is 2.11. The van der Waals surface area contributed by atoms with Crippen molar-refractivity contribution in [2.24, 2.45) is 0 Å². The van der Waals surface area contributed by atoms with Gasteiger partial charge in [-0.25, -0.2) is 0 Å². The Balaban J connectivity index is 2.43. The van der Waals surface area contributed by atoms with Gasteiger partial charge in [-0.2, -0.15) is 5.26 Å². The average molecular weight is 260 g/mol. The summed E-state index contributed by atoms with van der Waals surface area (Å²) >= 11 is 0. The molecule has 0 amide bonds. The molecule has 0 saturated heterocycles. The van der Waals surface area contributed by atoms with Crippen LogP contribution in [0.25, 0.3) is 17.0 Å². The van der Waals surface area contributed by atoms with Gasteiger partial charge in [0.05, 0.1) is 6.54 Å². The molecule has 1 aromatic heterocycles. The molecule has 0 atom stereocenters. The van der Waals surface area contributed by atoms with Crippen molar-refractivity contribution in [1.29, 1.82) is 5.26 Å². The van der Waals surface area contributed by atoms with E-state index in [1.807, 2.05) is 24.3 Å². The van der Waals surface area contributed by atoms with Crippen LogP contribution in [0.2, 0.25) is 0 Å². The second-order valence-electron chi connectivity index (χ2n) is 4.18. The molecule has 0 fully saturated rings. The van der Waals surface area contributed by atoms with Crippen LogP contribution in [0, 0.1) is 17.9 Å². The number of aromatic nitrogens is 2. The highest BCUT2D eigenvalue weighted by molar-refractivity contribution is 5.58. The number of hydrogen-bond acceptors (Lipinski definition) is 2. The Labute approximate surface area is 117 Å². The normalized spacial score (nSPS) is 9.50. The third kappa shape index (κ3) is 2.50. The number of hydrogen-bond donors (Lipinski definition) is 0. The summed E-state index contributed by atoms with van der Waals surface area (Å²) in [5.74, 6) is 0.135. The molecule has 96 valence electrons. The standard InChI is InChI=1S/C16H12N4/c1-4-12-6-13(5-2)8-14(7-12)10-20-11-19-16(18-3)15(20)9-17/h4-8,11H,1-2,10H2. The smallest absolute Gasteiger partial charge is 0.305 e. The van der Waals surface area contributed by atoms with Crippen LogP contribution in [0.1, 0.15) is 22.4 Å². The monoisotopic (exact) mass is 260 g/mol. The van der Waals surface area contributed by atoms with E-state index < -0.39 is 0 Å². The van der Waals surface area contributed by atoms with Gasteiger partial charge in [-0.1, -0.05) is 31.9 Å². The average Bonchev–Trinajstić information content (AvgIpc) is 2.88. The van der Waals surface area contributed by atoms with E-state index in [1.54, 1.807) is 16.7 Å². The van der Waals surface area contributed by atoms with E-state index in [2.05, 4.69) is 23.0 Å². The zero-order valence-electron chi connectivity index (χ0n) is 10.9. The molecule has 0 aliphatic carbocycles.